The summed E-state index contributed by atoms with van der Waals surface area (Å²) in [6, 6.07) is 10.7. The first-order valence-electron chi connectivity index (χ1n) is 10.4. The summed E-state index contributed by atoms with van der Waals surface area (Å²) in [5.41, 5.74) is 7.45. The summed E-state index contributed by atoms with van der Waals surface area (Å²) < 4.78 is 5.37. The predicted molar refractivity (Wildman–Crippen MR) is 126 cm³/mol. The van der Waals surface area contributed by atoms with Gasteiger partial charge < -0.3 is 20.7 Å². The lowest BCUT2D eigenvalue weighted by atomic mass is 10.1. The molecule has 158 valence electrons. The molecule has 6 nitrogen and oxygen atoms in total. The van der Waals surface area contributed by atoms with Crippen LogP contribution >= 0.6 is 24.0 Å². The summed E-state index contributed by atoms with van der Waals surface area (Å²) in [5, 5.41) is 3.26. The number of hydrogen-bond donors (Lipinski definition) is 2. The second-order valence-electron chi connectivity index (χ2n) is 7.65. The summed E-state index contributed by atoms with van der Waals surface area (Å²) in [7, 11) is 0. The molecule has 2 heterocycles. The molecule has 2 fully saturated rings. The molecule has 2 aliphatic heterocycles. The lowest BCUT2D eigenvalue weighted by Crippen LogP contribution is -2.39. The van der Waals surface area contributed by atoms with Crippen LogP contribution in [-0.2, 0) is 11.2 Å². The molecule has 0 radical (unpaired) electrons. The summed E-state index contributed by atoms with van der Waals surface area (Å²) in [6.07, 6.45) is 3.44. The van der Waals surface area contributed by atoms with Gasteiger partial charge in [-0.1, -0.05) is 30.3 Å². The number of nitrogens with two attached hydrogens (primary N) is 1. The van der Waals surface area contributed by atoms with Crippen LogP contribution < -0.4 is 11.1 Å². The van der Waals surface area contributed by atoms with Crippen molar-refractivity contribution < 1.29 is 4.74 Å². The van der Waals surface area contributed by atoms with Gasteiger partial charge in [0.1, 0.15) is 0 Å². The Kier molecular flexibility index (Phi) is 11.1. The van der Waals surface area contributed by atoms with E-state index in [0.717, 1.165) is 71.9 Å². The molecule has 0 amide bonds. The van der Waals surface area contributed by atoms with E-state index in [2.05, 4.69) is 50.4 Å². The van der Waals surface area contributed by atoms with E-state index in [1.807, 2.05) is 0 Å². The number of halogens is 1. The van der Waals surface area contributed by atoms with Gasteiger partial charge >= 0.3 is 0 Å². The summed E-state index contributed by atoms with van der Waals surface area (Å²) >= 11 is 0. The minimum absolute atomic E-state index is 0. The van der Waals surface area contributed by atoms with Crippen molar-refractivity contribution >= 4 is 29.9 Å². The zero-order valence-corrected chi connectivity index (χ0v) is 19.2. The van der Waals surface area contributed by atoms with Gasteiger partial charge in [0, 0.05) is 39.3 Å². The zero-order chi connectivity index (χ0) is 18.7. The predicted octanol–water partition coefficient (Wildman–Crippen LogP) is 1.80. The third-order valence-electron chi connectivity index (χ3n) is 5.51. The maximum atomic E-state index is 6.03. The van der Waals surface area contributed by atoms with Crippen molar-refractivity contribution in [2.24, 2.45) is 16.6 Å². The van der Waals surface area contributed by atoms with E-state index >= 15 is 0 Å². The molecular weight excluding hydrogens is 465 g/mol. The van der Waals surface area contributed by atoms with E-state index in [4.69, 9.17) is 10.5 Å². The Morgan fingerprint density at radius 3 is 2.68 bits per heavy atom. The first-order chi connectivity index (χ1) is 13.3. The average Bonchev–Trinajstić information content (AvgIpc) is 3.18. The van der Waals surface area contributed by atoms with Gasteiger partial charge in [-0.15, -0.1) is 24.0 Å². The van der Waals surface area contributed by atoms with E-state index in [1.54, 1.807) is 0 Å². The van der Waals surface area contributed by atoms with Gasteiger partial charge in [-0.05, 0) is 43.8 Å². The topological polar surface area (TPSA) is 66.1 Å². The van der Waals surface area contributed by atoms with Crippen LogP contribution in [0.4, 0.5) is 0 Å². The van der Waals surface area contributed by atoms with Gasteiger partial charge in [0.2, 0.25) is 0 Å². The maximum absolute atomic E-state index is 6.03. The van der Waals surface area contributed by atoms with Crippen molar-refractivity contribution in [2.75, 3.05) is 65.6 Å². The van der Waals surface area contributed by atoms with Crippen molar-refractivity contribution in [1.29, 1.82) is 0 Å². The molecule has 1 atom stereocenters. The number of ether oxygens (including phenoxy) is 1. The summed E-state index contributed by atoms with van der Waals surface area (Å²) in [6.45, 7) is 10.1. The standard InChI is InChI=1S/C21H35N5O.HI/c22-21(23-9-4-10-25-13-15-27-16-14-25)24-17-20-8-12-26(18-20)11-7-19-5-2-1-3-6-19;/h1-3,5-6,20H,4,7-18H2,(H3,22,23,24);1H. The minimum Gasteiger partial charge on any atom is -0.379 e. The second-order valence-corrected chi connectivity index (χ2v) is 7.65. The second kappa shape index (κ2) is 13.3. The third-order valence-corrected chi connectivity index (χ3v) is 5.51. The van der Waals surface area contributed by atoms with Crippen LogP contribution in [-0.4, -0.2) is 81.3 Å². The molecule has 28 heavy (non-hydrogen) atoms. The molecule has 0 aliphatic carbocycles. The molecule has 0 bridgehead atoms. The van der Waals surface area contributed by atoms with E-state index in [1.165, 1.54) is 18.5 Å². The molecule has 0 spiro atoms. The molecule has 1 aromatic rings. The van der Waals surface area contributed by atoms with Crippen LogP contribution in [0.15, 0.2) is 35.3 Å². The van der Waals surface area contributed by atoms with Crippen molar-refractivity contribution in [3.63, 3.8) is 0 Å². The molecule has 1 unspecified atom stereocenters. The summed E-state index contributed by atoms with van der Waals surface area (Å²) in [5.74, 6) is 1.23. The van der Waals surface area contributed by atoms with E-state index < -0.39 is 0 Å². The van der Waals surface area contributed by atoms with Gasteiger partial charge in [0.15, 0.2) is 5.96 Å². The Morgan fingerprint density at radius 2 is 1.89 bits per heavy atom. The molecule has 1 aromatic carbocycles. The van der Waals surface area contributed by atoms with Crippen molar-refractivity contribution in [2.45, 2.75) is 19.3 Å². The van der Waals surface area contributed by atoms with Crippen molar-refractivity contribution in [3.8, 4) is 0 Å². The zero-order valence-electron chi connectivity index (χ0n) is 16.9. The normalized spacial score (nSPS) is 21.4. The molecule has 0 aromatic heterocycles. The van der Waals surface area contributed by atoms with Gasteiger partial charge in [-0.25, -0.2) is 0 Å². The highest BCUT2D eigenvalue weighted by atomic mass is 127. The Morgan fingerprint density at radius 1 is 1.11 bits per heavy atom. The van der Waals surface area contributed by atoms with Crippen molar-refractivity contribution in [3.05, 3.63) is 35.9 Å². The van der Waals surface area contributed by atoms with Gasteiger partial charge in [0.05, 0.1) is 13.2 Å². The Labute approximate surface area is 186 Å². The van der Waals surface area contributed by atoms with Crippen LogP contribution in [0.5, 0.6) is 0 Å². The highest BCUT2D eigenvalue weighted by molar-refractivity contribution is 14.0. The fraction of sp³-hybridized carbons (Fsp3) is 0.667. The first kappa shape index (κ1) is 23.4. The number of aliphatic imine (C=N–C) groups is 1. The number of hydrogen-bond acceptors (Lipinski definition) is 4. The van der Waals surface area contributed by atoms with E-state index in [9.17, 15) is 0 Å². The summed E-state index contributed by atoms with van der Waals surface area (Å²) in [4.78, 5) is 9.57. The van der Waals surface area contributed by atoms with Crippen LogP contribution in [0, 0.1) is 5.92 Å². The van der Waals surface area contributed by atoms with Crippen LogP contribution in [0.3, 0.4) is 0 Å². The SMILES string of the molecule is I.NC(=NCC1CCN(CCc2ccccc2)C1)NCCCN1CCOCC1. The minimum atomic E-state index is 0. The van der Waals surface area contributed by atoms with Gasteiger partial charge in [-0.3, -0.25) is 9.89 Å². The highest BCUT2D eigenvalue weighted by Gasteiger charge is 2.21. The quantitative estimate of drug-likeness (QED) is 0.234. The van der Waals surface area contributed by atoms with Crippen LogP contribution in [0.2, 0.25) is 0 Å². The van der Waals surface area contributed by atoms with Gasteiger partial charge in [0.25, 0.3) is 0 Å². The first-order valence-corrected chi connectivity index (χ1v) is 10.4. The Balaban J connectivity index is 0.00000280. The largest absolute Gasteiger partial charge is 0.379 e. The molecule has 0 saturated carbocycles. The van der Waals surface area contributed by atoms with Crippen molar-refractivity contribution in [1.82, 2.24) is 15.1 Å². The lowest BCUT2D eigenvalue weighted by Gasteiger charge is -2.26. The van der Waals surface area contributed by atoms with E-state index in [0.29, 0.717) is 11.9 Å². The number of benzene rings is 1. The Bertz CT molecular complexity index is 565. The number of nitrogens with one attached hydrogen (secondary N) is 1. The maximum Gasteiger partial charge on any atom is 0.188 e. The fourth-order valence-corrected chi connectivity index (χ4v) is 3.82. The number of guanidine groups is 1. The lowest BCUT2D eigenvalue weighted by molar-refractivity contribution is 0.0376. The highest BCUT2D eigenvalue weighted by Crippen LogP contribution is 2.17. The van der Waals surface area contributed by atoms with Gasteiger partial charge in [-0.2, -0.15) is 0 Å². The number of morpholine rings is 1. The molecule has 3 N–H and O–H groups in total. The smallest absolute Gasteiger partial charge is 0.188 e. The number of likely N-dealkylation sites (tertiary alicyclic amines) is 1. The Hall–Kier alpha value is -0.900. The average molecular weight is 501 g/mol. The van der Waals surface area contributed by atoms with Crippen LogP contribution in [0.1, 0.15) is 18.4 Å². The van der Waals surface area contributed by atoms with Crippen LogP contribution in [0.25, 0.3) is 0 Å². The monoisotopic (exact) mass is 501 g/mol. The third kappa shape index (κ3) is 8.63. The number of nitrogens with zero attached hydrogens (tertiary/aromatic N) is 3. The molecule has 7 heteroatoms. The van der Waals surface area contributed by atoms with E-state index in [-0.39, 0.29) is 24.0 Å². The molecule has 2 saturated heterocycles. The molecular formula is C21H36IN5O. The molecule has 2 aliphatic rings. The molecule has 3 rings (SSSR count). The fourth-order valence-electron chi connectivity index (χ4n) is 3.82. The number of rotatable bonds is 9.